The van der Waals surface area contributed by atoms with Gasteiger partial charge in [0.15, 0.2) is 0 Å². The average molecular weight is 163 g/mol. The second-order valence-electron chi connectivity index (χ2n) is 2.01. The van der Waals surface area contributed by atoms with E-state index in [2.05, 4.69) is 9.40 Å². The highest BCUT2D eigenvalue weighted by atomic mass is 16.4. The summed E-state index contributed by atoms with van der Waals surface area (Å²) >= 11 is 0. The van der Waals surface area contributed by atoms with Gasteiger partial charge in [0, 0.05) is 18.5 Å². The Morgan fingerprint density at radius 2 is 1.83 bits per heavy atom. The molecular formula is C9H9NO2. The molecule has 0 aliphatic heterocycles. The second-order valence-corrected chi connectivity index (χ2v) is 2.01. The number of H-pyrrole nitrogens is 1. The molecule has 2 aromatic rings. The van der Waals surface area contributed by atoms with Crippen molar-refractivity contribution in [2.75, 3.05) is 0 Å². The standard InChI is InChI=1S/C5H4O2.C4H5N/c6-5-3-1-2-4-7-5;1-2-4-5-3-1/h1-4H;1-5H. The normalized spacial score (nSPS) is 8.33. The van der Waals surface area contributed by atoms with Gasteiger partial charge in [0.25, 0.3) is 0 Å². The van der Waals surface area contributed by atoms with Crippen molar-refractivity contribution in [2.24, 2.45) is 0 Å². The molecule has 0 saturated heterocycles. The Morgan fingerprint density at radius 3 is 2.08 bits per heavy atom. The molecule has 0 aliphatic carbocycles. The van der Waals surface area contributed by atoms with Crippen LogP contribution in [-0.2, 0) is 0 Å². The molecule has 0 saturated carbocycles. The zero-order valence-electron chi connectivity index (χ0n) is 6.44. The van der Waals surface area contributed by atoms with Crippen LogP contribution in [0.3, 0.4) is 0 Å². The third-order valence-electron chi connectivity index (χ3n) is 1.10. The van der Waals surface area contributed by atoms with Crippen LogP contribution in [0, 0.1) is 0 Å². The van der Waals surface area contributed by atoms with E-state index in [4.69, 9.17) is 0 Å². The molecule has 0 bridgehead atoms. The van der Waals surface area contributed by atoms with Crippen molar-refractivity contribution in [1.82, 2.24) is 4.98 Å². The molecule has 62 valence electrons. The maximum atomic E-state index is 10.1. The lowest BCUT2D eigenvalue weighted by molar-refractivity contribution is 0.511. The molecule has 0 fully saturated rings. The molecule has 3 nitrogen and oxygen atoms in total. The zero-order chi connectivity index (χ0) is 8.65. The molecule has 2 aromatic heterocycles. The van der Waals surface area contributed by atoms with Crippen molar-refractivity contribution in [2.45, 2.75) is 0 Å². The van der Waals surface area contributed by atoms with Gasteiger partial charge >= 0.3 is 5.63 Å². The summed E-state index contributed by atoms with van der Waals surface area (Å²) < 4.78 is 4.37. The Hall–Kier alpha value is -1.77. The highest BCUT2D eigenvalue weighted by molar-refractivity contribution is 4.85. The van der Waals surface area contributed by atoms with E-state index in [1.54, 1.807) is 12.1 Å². The van der Waals surface area contributed by atoms with Gasteiger partial charge in [-0.2, -0.15) is 0 Å². The van der Waals surface area contributed by atoms with E-state index in [1.807, 2.05) is 24.5 Å². The molecule has 12 heavy (non-hydrogen) atoms. The van der Waals surface area contributed by atoms with Crippen molar-refractivity contribution in [3.8, 4) is 0 Å². The van der Waals surface area contributed by atoms with Gasteiger partial charge in [0.2, 0.25) is 0 Å². The monoisotopic (exact) mass is 163 g/mol. The summed E-state index contributed by atoms with van der Waals surface area (Å²) in [5.41, 5.74) is -0.303. The van der Waals surface area contributed by atoms with E-state index in [0.29, 0.717) is 0 Å². The molecule has 0 aromatic carbocycles. The highest BCUT2D eigenvalue weighted by Crippen LogP contribution is 1.72. The molecule has 0 radical (unpaired) electrons. The van der Waals surface area contributed by atoms with Crippen LogP contribution in [0.2, 0.25) is 0 Å². The molecule has 0 spiro atoms. The molecule has 3 heteroatoms. The first-order chi connectivity index (χ1) is 5.89. The van der Waals surface area contributed by atoms with Gasteiger partial charge in [-0.25, -0.2) is 4.79 Å². The van der Waals surface area contributed by atoms with Crippen LogP contribution in [0.4, 0.5) is 0 Å². The van der Waals surface area contributed by atoms with Crippen molar-refractivity contribution in [1.29, 1.82) is 0 Å². The van der Waals surface area contributed by atoms with Crippen molar-refractivity contribution in [3.05, 3.63) is 59.4 Å². The Labute approximate surface area is 69.7 Å². The minimum Gasteiger partial charge on any atom is -0.431 e. The molecular weight excluding hydrogens is 154 g/mol. The second kappa shape index (κ2) is 4.96. The lowest BCUT2D eigenvalue weighted by atomic mass is 10.5. The van der Waals surface area contributed by atoms with Crippen LogP contribution in [0.25, 0.3) is 0 Å². The fourth-order valence-electron chi connectivity index (χ4n) is 0.603. The van der Waals surface area contributed by atoms with Crippen molar-refractivity contribution in [3.63, 3.8) is 0 Å². The Kier molecular flexibility index (Phi) is 3.44. The molecule has 0 amide bonds. The molecule has 0 atom stereocenters. The summed E-state index contributed by atoms with van der Waals surface area (Å²) in [4.78, 5) is 13.0. The molecule has 0 unspecified atom stereocenters. The minimum absolute atomic E-state index is 0.303. The molecule has 2 heterocycles. The number of aromatic nitrogens is 1. The summed E-state index contributed by atoms with van der Waals surface area (Å²) in [6.07, 6.45) is 5.10. The van der Waals surface area contributed by atoms with Gasteiger partial charge < -0.3 is 9.40 Å². The van der Waals surface area contributed by atoms with E-state index in [-0.39, 0.29) is 5.63 Å². The van der Waals surface area contributed by atoms with Crippen LogP contribution in [0.5, 0.6) is 0 Å². The Bertz CT molecular complexity index is 303. The van der Waals surface area contributed by atoms with E-state index in [9.17, 15) is 4.79 Å². The van der Waals surface area contributed by atoms with Crippen molar-refractivity contribution < 1.29 is 4.42 Å². The number of hydrogen-bond acceptors (Lipinski definition) is 2. The van der Waals surface area contributed by atoms with Crippen LogP contribution in [0.15, 0.2) is 58.2 Å². The van der Waals surface area contributed by atoms with Gasteiger partial charge in [-0.15, -0.1) is 0 Å². The summed E-state index contributed by atoms with van der Waals surface area (Å²) in [5.74, 6) is 0. The first kappa shape index (κ1) is 8.33. The van der Waals surface area contributed by atoms with Crippen LogP contribution < -0.4 is 5.63 Å². The van der Waals surface area contributed by atoms with Crippen LogP contribution in [-0.4, -0.2) is 4.98 Å². The summed E-state index contributed by atoms with van der Waals surface area (Å²) in [5, 5.41) is 0. The van der Waals surface area contributed by atoms with Crippen LogP contribution >= 0.6 is 0 Å². The van der Waals surface area contributed by atoms with Gasteiger partial charge in [0.05, 0.1) is 6.26 Å². The first-order valence-electron chi connectivity index (χ1n) is 3.51. The third-order valence-corrected chi connectivity index (χ3v) is 1.10. The Balaban J connectivity index is 0.000000127. The zero-order valence-corrected chi connectivity index (χ0v) is 6.44. The number of aromatic amines is 1. The average Bonchev–Trinajstić information content (AvgIpc) is 2.62. The van der Waals surface area contributed by atoms with E-state index < -0.39 is 0 Å². The SMILES string of the molecule is O=c1cccco1.c1cc[nH]c1. The predicted octanol–water partition coefficient (Wildman–Crippen LogP) is 1.65. The Morgan fingerprint density at radius 1 is 1.08 bits per heavy atom. The molecule has 2 rings (SSSR count). The quantitative estimate of drug-likeness (QED) is 0.641. The highest BCUT2D eigenvalue weighted by Gasteiger charge is 1.72. The first-order valence-corrected chi connectivity index (χ1v) is 3.51. The minimum atomic E-state index is -0.303. The number of rotatable bonds is 0. The van der Waals surface area contributed by atoms with Gasteiger partial charge in [0.1, 0.15) is 0 Å². The van der Waals surface area contributed by atoms with E-state index in [0.717, 1.165) is 0 Å². The summed E-state index contributed by atoms with van der Waals surface area (Å²) in [6, 6.07) is 8.53. The topological polar surface area (TPSA) is 46.0 Å². The summed E-state index contributed by atoms with van der Waals surface area (Å²) in [6.45, 7) is 0. The summed E-state index contributed by atoms with van der Waals surface area (Å²) in [7, 11) is 0. The van der Waals surface area contributed by atoms with Gasteiger partial charge in [-0.3, -0.25) is 0 Å². The fraction of sp³-hybridized carbons (Fsp3) is 0. The fourth-order valence-corrected chi connectivity index (χ4v) is 0.603. The number of hydrogen-bond donors (Lipinski definition) is 1. The molecule has 0 aliphatic rings. The maximum Gasteiger partial charge on any atom is 0.335 e. The maximum absolute atomic E-state index is 10.1. The lowest BCUT2D eigenvalue weighted by Gasteiger charge is -1.72. The largest absolute Gasteiger partial charge is 0.431 e. The predicted molar refractivity (Wildman–Crippen MR) is 45.8 cm³/mol. The smallest absolute Gasteiger partial charge is 0.335 e. The third kappa shape index (κ3) is 3.41. The van der Waals surface area contributed by atoms with Gasteiger partial charge in [-0.1, -0.05) is 6.07 Å². The van der Waals surface area contributed by atoms with Crippen LogP contribution in [0.1, 0.15) is 0 Å². The van der Waals surface area contributed by atoms with E-state index in [1.165, 1.54) is 12.3 Å². The number of nitrogens with one attached hydrogen (secondary N) is 1. The van der Waals surface area contributed by atoms with E-state index >= 15 is 0 Å². The molecule has 1 N–H and O–H groups in total. The lowest BCUT2D eigenvalue weighted by Crippen LogP contribution is -1.90. The van der Waals surface area contributed by atoms with Crippen molar-refractivity contribution >= 4 is 0 Å². The van der Waals surface area contributed by atoms with Gasteiger partial charge in [-0.05, 0) is 18.2 Å².